The Morgan fingerprint density at radius 1 is 1.10 bits per heavy atom. The molecule has 0 aliphatic carbocycles. The third-order valence-corrected chi connectivity index (χ3v) is 3.21. The van der Waals surface area contributed by atoms with Gasteiger partial charge in [-0.05, 0) is 32.6 Å². The number of ether oxygens (including phenoxy) is 2. The maximum Gasteiger partial charge on any atom is 0.408 e. The molecule has 5 nitrogen and oxygen atoms in total. The number of esters is 1. The Balaban J connectivity index is 4.54. The first-order valence-electron chi connectivity index (χ1n) is 7.76. The molecule has 0 radical (unpaired) electrons. The van der Waals surface area contributed by atoms with Crippen LogP contribution in [0, 0.1) is 11.8 Å². The van der Waals surface area contributed by atoms with E-state index in [1.165, 1.54) is 0 Å². The van der Waals surface area contributed by atoms with Crippen molar-refractivity contribution in [2.45, 2.75) is 73.0 Å². The number of carbonyl (C=O) groups excluding carboxylic acids is 2. The molecule has 1 atom stereocenters. The van der Waals surface area contributed by atoms with Crippen molar-refractivity contribution >= 4 is 12.1 Å². The van der Waals surface area contributed by atoms with Crippen molar-refractivity contribution in [3.63, 3.8) is 0 Å². The lowest BCUT2D eigenvalue weighted by Crippen LogP contribution is -2.47. The number of amides is 1. The number of hydrogen-bond acceptors (Lipinski definition) is 4. The molecular weight excluding hydrogens is 270 g/mol. The predicted octanol–water partition coefficient (Wildman–Crippen LogP) is 3.52. The minimum Gasteiger partial charge on any atom is -0.464 e. The summed E-state index contributed by atoms with van der Waals surface area (Å²) in [6.07, 6.45) is 1.34. The fourth-order valence-electron chi connectivity index (χ4n) is 1.75. The largest absolute Gasteiger partial charge is 0.464 e. The van der Waals surface area contributed by atoms with E-state index >= 15 is 0 Å². The molecule has 0 rings (SSSR count). The van der Waals surface area contributed by atoms with Gasteiger partial charge in [0.1, 0.15) is 11.6 Å². The van der Waals surface area contributed by atoms with E-state index in [1.807, 2.05) is 13.8 Å². The third-order valence-electron chi connectivity index (χ3n) is 3.21. The SMILES string of the molecule is CCC(CC)COC(=O)[C@@H](NC(=O)OC(C)(C)C)C(C)C. The Hall–Kier alpha value is -1.26. The van der Waals surface area contributed by atoms with E-state index in [2.05, 4.69) is 19.2 Å². The average Bonchev–Trinajstić information content (AvgIpc) is 2.34. The van der Waals surface area contributed by atoms with Crippen molar-refractivity contribution in [2.24, 2.45) is 11.8 Å². The van der Waals surface area contributed by atoms with Gasteiger partial charge in [0.15, 0.2) is 0 Å². The van der Waals surface area contributed by atoms with Gasteiger partial charge >= 0.3 is 12.1 Å². The van der Waals surface area contributed by atoms with Crippen LogP contribution < -0.4 is 5.32 Å². The van der Waals surface area contributed by atoms with E-state index in [1.54, 1.807) is 20.8 Å². The van der Waals surface area contributed by atoms with Gasteiger partial charge in [0.25, 0.3) is 0 Å². The van der Waals surface area contributed by atoms with Gasteiger partial charge in [-0.2, -0.15) is 0 Å². The first kappa shape index (κ1) is 19.7. The van der Waals surface area contributed by atoms with Crippen molar-refractivity contribution in [1.29, 1.82) is 0 Å². The summed E-state index contributed by atoms with van der Waals surface area (Å²) in [7, 11) is 0. The standard InChI is InChI=1S/C16H31NO4/c1-8-12(9-2)10-20-14(18)13(11(3)4)17-15(19)21-16(5,6)7/h11-13H,8-10H2,1-7H3,(H,17,19)/t13-/m0/s1. The van der Waals surface area contributed by atoms with Crippen molar-refractivity contribution in [2.75, 3.05) is 6.61 Å². The summed E-state index contributed by atoms with van der Waals surface area (Å²) in [5, 5.41) is 2.60. The zero-order valence-corrected chi connectivity index (χ0v) is 14.5. The summed E-state index contributed by atoms with van der Waals surface area (Å²) < 4.78 is 10.5. The van der Waals surface area contributed by atoms with Crippen LogP contribution in [-0.4, -0.2) is 30.3 Å². The normalized spacial score (nSPS) is 13.2. The molecule has 0 aromatic rings. The molecule has 0 aliphatic rings. The monoisotopic (exact) mass is 301 g/mol. The Bertz CT molecular complexity index is 330. The van der Waals surface area contributed by atoms with Crippen LogP contribution in [0.4, 0.5) is 4.79 Å². The third kappa shape index (κ3) is 8.58. The Morgan fingerprint density at radius 2 is 1.62 bits per heavy atom. The van der Waals surface area contributed by atoms with Crippen molar-refractivity contribution in [3.8, 4) is 0 Å². The molecule has 0 unspecified atom stereocenters. The minimum absolute atomic E-state index is 0.0632. The number of nitrogens with one attached hydrogen (secondary N) is 1. The van der Waals surface area contributed by atoms with Crippen LogP contribution in [0.2, 0.25) is 0 Å². The van der Waals surface area contributed by atoms with Gasteiger partial charge in [0.2, 0.25) is 0 Å². The number of hydrogen-bond donors (Lipinski definition) is 1. The van der Waals surface area contributed by atoms with Gasteiger partial charge in [-0.1, -0.05) is 40.5 Å². The van der Waals surface area contributed by atoms with Crippen LogP contribution in [-0.2, 0) is 14.3 Å². The highest BCUT2D eigenvalue weighted by Crippen LogP contribution is 2.12. The molecule has 0 aromatic heterocycles. The summed E-state index contributed by atoms with van der Waals surface area (Å²) in [5.74, 6) is -0.0993. The minimum atomic E-state index is -0.686. The lowest BCUT2D eigenvalue weighted by molar-refractivity contribution is -0.148. The van der Waals surface area contributed by atoms with Crippen LogP contribution >= 0.6 is 0 Å². The van der Waals surface area contributed by atoms with E-state index in [9.17, 15) is 9.59 Å². The number of rotatable bonds is 7. The molecule has 5 heteroatoms. The molecule has 0 spiro atoms. The Kier molecular flexibility index (Phi) is 8.37. The van der Waals surface area contributed by atoms with E-state index < -0.39 is 23.7 Å². The fraction of sp³-hybridized carbons (Fsp3) is 0.875. The Morgan fingerprint density at radius 3 is 2.00 bits per heavy atom. The molecule has 21 heavy (non-hydrogen) atoms. The van der Waals surface area contributed by atoms with Gasteiger partial charge < -0.3 is 14.8 Å². The second-order valence-electron chi connectivity index (χ2n) is 6.68. The maximum absolute atomic E-state index is 12.1. The van der Waals surface area contributed by atoms with E-state index in [4.69, 9.17) is 9.47 Å². The highest BCUT2D eigenvalue weighted by atomic mass is 16.6. The smallest absolute Gasteiger partial charge is 0.408 e. The summed E-state index contributed by atoms with van der Waals surface area (Å²) in [6.45, 7) is 13.6. The lowest BCUT2D eigenvalue weighted by atomic mass is 10.0. The number of alkyl carbamates (subject to hydrolysis) is 1. The van der Waals surface area contributed by atoms with E-state index in [-0.39, 0.29) is 5.92 Å². The first-order chi connectivity index (χ1) is 9.60. The molecule has 0 bridgehead atoms. The van der Waals surface area contributed by atoms with Crippen LogP contribution in [0.25, 0.3) is 0 Å². The summed E-state index contributed by atoms with van der Waals surface area (Å²) >= 11 is 0. The second kappa shape index (κ2) is 8.90. The molecule has 1 N–H and O–H groups in total. The molecule has 0 heterocycles. The van der Waals surface area contributed by atoms with Crippen molar-refractivity contribution in [1.82, 2.24) is 5.32 Å². The van der Waals surface area contributed by atoms with Gasteiger partial charge in [-0.15, -0.1) is 0 Å². The van der Waals surface area contributed by atoms with Gasteiger partial charge in [0, 0.05) is 0 Å². The van der Waals surface area contributed by atoms with Gasteiger partial charge in [-0.3, -0.25) is 0 Å². The highest BCUT2D eigenvalue weighted by Gasteiger charge is 2.28. The van der Waals surface area contributed by atoms with Crippen LogP contribution in [0.1, 0.15) is 61.3 Å². The molecule has 0 aromatic carbocycles. The predicted molar refractivity (Wildman–Crippen MR) is 83.0 cm³/mol. The van der Waals surface area contributed by atoms with Gasteiger partial charge in [-0.25, -0.2) is 9.59 Å². The summed E-state index contributed by atoms with van der Waals surface area (Å²) in [6, 6.07) is -0.686. The molecule has 0 saturated heterocycles. The quantitative estimate of drug-likeness (QED) is 0.731. The molecule has 0 saturated carbocycles. The maximum atomic E-state index is 12.1. The van der Waals surface area contributed by atoms with Crippen molar-refractivity contribution in [3.05, 3.63) is 0 Å². The zero-order valence-electron chi connectivity index (χ0n) is 14.5. The summed E-state index contributed by atoms with van der Waals surface area (Å²) in [4.78, 5) is 23.9. The van der Waals surface area contributed by atoms with Gasteiger partial charge in [0.05, 0.1) is 6.61 Å². The highest BCUT2D eigenvalue weighted by molar-refractivity contribution is 5.81. The van der Waals surface area contributed by atoms with E-state index in [0.29, 0.717) is 12.5 Å². The molecule has 0 fully saturated rings. The molecule has 124 valence electrons. The molecule has 1 amide bonds. The van der Waals surface area contributed by atoms with Crippen molar-refractivity contribution < 1.29 is 19.1 Å². The van der Waals surface area contributed by atoms with E-state index in [0.717, 1.165) is 12.8 Å². The number of carbonyl (C=O) groups is 2. The zero-order chi connectivity index (χ0) is 16.6. The average molecular weight is 301 g/mol. The Labute approximate surface area is 128 Å². The summed E-state index contributed by atoms with van der Waals surface area (Å²) in [5.41, 5.74) is -0.592. The second-order valence-corrected chi connectivity index (χ2v) is 6.68. The topological polar surface area (TPSA) is 64.6 Å². The van der Waals surface area contributed by atoms with Crippen LogP contribution in [0.3, 0.4) is 0 Å². The molecule has 0 aliphatic heterocycles. The lowest BCUT2D eigenvalue weighted by Gasteiger charge is -2.25. The van der Waals surface area contributed by atoms with Crippen LogP contribution in [0.15, 0.2) is 0 Å². The fourth-order valence-corrected chi connectivity index (χ4v) is 1.75. The van der Waals surface area contributed by atoms with Crippen LogP contribution in [0.5, 0.6) is 0 Å². The molecular formula is C16H31NO4. The first-order valence-corrected chi connectivity index (χ1v) is 7.76.